The summed E-state index contributed by atoms with van der Waals surface area (Å²) in [7, 11) is -2.20. The van der Waals surface area contributed by atoms with Crippen LogP contribution < -0.4 is 0 Å². The molecule has 0 saturated carbocycles. The van der Waals surface area contributed by atoms with Crippen molar-refractivity contribution in [2.45, 2.75) is 24.9 Å². The van der Waals surface area contributed by atoms with Gasteiger partial charge < -0.3 is 9.67 Å². The van der Waals surface area contributed by atoms with E-state index in [2.05, 4.69) is 5.10 Å². The predicted octanol–water partition coefficient (Wildman–Crippen LogP) is 0.433. The maximum absolute atomic E-state index is 12.8. The van der Waals surface area contributed by atoms with Crippen LogP contribution in [0.1, 0.15) is 21.9 Å². The number of aromatic nitrogens is 3. The molecule has 1 aliphatic rings. The monoisotopic (exact) mass is 324 g/mol. The summed E-state index contributed by atoms with van der Waals surface area (Å²) in [5, 5.41) is 13.3. The molecule has 0 radical (unpaired) electrons. The second kappa shape index (κ2) is 4.96. The molecule has 0 unspecified atom stereocenters. The van der Waals surface area contributed by atoms with Crippen LogP contribution >= 0.6 is 0 Å². The van der Waals surface area contributed by atoms with Crippen LogP contribution in [0.4, 0.5) is 0 Å². The van der Waals surface area contributed by atoms with E-state index in [1.54, 1.807) is 30.9 Å². The minimum Gasteiger partial charge on any atom is -0.477 e. The third-order valence-electron chi connectivity index (χ3n) is 4.03. The van der Waals surface area contributed by atoms with E-state index in [4.69, 9.17) is 5.11 Å². The number of hydrogen-bond acceptors (Lipinski definition) is 4. The quantitative estimate of drug-likeness (QED) is 0.883. The van der Waals surface area contributed by atoms with Gasteiger partial charge in [0, 0.05) is 25.5 Å². The molecule has 3 heterocycles. The number of carboxylic acids is 1. The molecule has 1 aliphatic heterocycles. The van der Waals surface area contributed by atoms with Gasteiger partial charge in [0.1, 0.15) is 10.6 Å². The fourth-order valence-corrected chi connectivity index (χ4v) is 4.32. The van der Waals surface area contributed by atoms with E-state index >= 15 is 0 Å². The molecule has 22 heavy (non-hydrogen) atoms. The summed E-state index contributed by atoms with van der Waals surface area (Å²) in [4.78, 5) is 11.2. The van der Waals surface area contributed by atoms with E-state index in [0.717, 1.165) is 5.69 Å². The van der Waals surface area contributed by atoms with Gasteiger partial charge in [-0.3, -0.25) is 4.68 Å². The maximum Gasteiger partial charge on any atom is 0.352 e. The van der Waals surface area contributed by atoms with E-state index in [9.17, 15) is 13.2 Å². The van der Waals surface area contributed by atoms with Gasteiger partial charge in [0.15, 0.2) is 0 Å². The lowest BCUT2D eigenvalue weighted by Crippen LogP contribution is -2.38. The zero-order valence-electron chi connectivity index (χ0n) is 12.2. The molecule has 0 aliphatic carbocycles. The van der Waals surface area contributed by atoms with Crippen LogP contribution in [0.25, 0.3) is 0 Å². The smallest absolute Gasteiger partial charge is 0.352 e. The second-order valence-corrected chi connectivity index (χ2v) is 7.13. The maximum atomic E-state index is 12.8. The van der Waals surface area contributed by atoms with Crippen molar-refractivity contribution in [2.75, 3.05) is 6.54 Å². The lowest BCUT2D eigenvalue weighted by atomic mass is 10.3. The van der Waals surface area contributed by atoms with Crippen LogP contribution in [0.15, 0.2) is 23.2 Å². The lowest BCUT2D eigenvalue weighted by Gasteiger charge is -2.26. The van der Waals surface area contributed by atoms with Crippen LogP contribution in [-0.4, -0.2) is 44.7 Å². The first kappa shape index (κ1) is 14.8. The number of aromatic carboxylic acids is 1. The molecule has 0 aromatic carbocycles. The number of rotatable bonds is 3. The number of fused-ring (bicyclic) bond motifs is 1. The largest absolute Gasteiger partial charge is 0.477 e. The molecule has 2 aromatic heterocycles. The zero-order chi connectivity index (χ0) is 16.1. The molecule has 0 fully saturated rings. The zero-order valence-corrected chi connectivity index (χ0v) is 13.0. The van der Waals surface area contributed by atoms with Crippen molar-refractivity contribution < 1.29 is 18.3 Å². The summed E-state index contributed by atoms with van der Waals surface area (Å²) in [5.41, 5.74) is 1.19. The van der Waals surface area contributed by atoms with E-state index in [-0.39, 0.29) is 17.1 Å². The fourth-order valence-electron chi connectivity index (χ4n) is 2.64. The molecule has 1 N–H and O–H groups in total. The number of carboxylic acid groups (broad SMARTS) is 1. The Morgan fingerprint density at radius 1 is 1.36 bits per heavy atom. The van der Waals surface area contributed by atoms with E-state index < -0.39 is 16.0 Å². The minimum absolute atomic E-state index is 0.0420. The third kappa shape index (κ3) is 2.13. The Labute approximate surface area is 127 Å². The van der Waals surface area contributed by atoms with Gasteiger partial charge in [0.25, 0.3) is 0 Å². The van der Waals surface area contributed by atoms with Crippen LogP contribution in [0.2, 0.25) is 0 Å². The Morgan fingerprint density at radius 3 is 2.73 bits per heavy atom. The first-order valence-electron chi connectivity index (χ1n) is 6.73. The van der Waals surface area contributed by atoms with Crippen LogP contribution in [-0.2, 0) is 30.2 Å². The van der Waals surface area contributed by atoms with Gasteiger partial charge in [-0.2, -0.15) is 9.40 Å². The van der Waals surface area contributed by atoms with Gasteiger partial charge in [0.2, 0.25) is 10.0 Å². The second-order valence-electron chi connectivity index (χ2n) is 5.23. The van der Waals surface area contributed by atoms with E-state index in [1.807, 2.05) is 0 Å². The summed E-state index contributed by atoms with van der Waals surface area (Å²) in [5.74, 6) is -1.15. The Balaban J connectivity index is 2.01. The normalized spacial score (nSPS) is 15.7. The average molecular weight is 324 g/mol. The van der Waals surface area contributed by atoms with Crippen LogP contribution in [0.5, 0.6) is 0 Å². The van der Waals surface area contributed by atoms with Gasteiger partial charge >= 0.3 is 5.97 Å². The first-order chi connectivity index (χ1) is 10.3. The molecule has 2 aromatic rings. The van der Waals surface area contributed by atoms with Gasteiger partial charge in [0.05, 0.1) is 18.8 Å². The molecule has 0 spiro atoms. The van der Waals surface area contributed by atoms with E-state index in [1.165, 1.54) is 14.9 Å². The standard InChI is InChI=1S/C13H16N4O4S/c1-9-12(7-11(13(18)19)15(9)2)22(20,21)16-5-6-17-10(8-16)3-4-14-17/h3-4,7H,5-6,8H2,1-2H3,(H,18,19). The highest BCUT2D eigenvalue weighted by atomic mass is 32.2. The number of sulfonamides is 1. The molecule has 8 nitrogen and oxygen atoms in total. The molecular weight excluding hydrogens is 308 g/mol. The van der Waals surface area contributed by atoms with Crippen molar-refractivity contribution in [3.63, 3.8) is 0 Å². The summed E-state index contributed by atoms with van der Waals surface area (Å²) < 4.78 is 30.1. The summed E-state index contributed by atoms with van der Waals surface area (Å²) >= 11 is 0. The van der Waals surface area contributed by atoms with Crippen molar-refractivity contribution in [3.8, 4) is 0 Å². The summed E-state index contributed by atoms with van der Waals surface area (Å²) in [6.07, 6.45) is 1.64. The van der Waals surface area contributed by atoms with Gasteiger partial charge in [-0.1, -0.05) is 0 Å². The molecular formula is C13H16N4O4S. The Bertz CT molecular complexity index is 850. The molecule has 0 amide bonds. The van der Waals surface area contributed by atoms with Crippen molar-refractivity contribution in [1.82, 2.24) is 18.7 Å². The van der Waals surface area contributed by atoms with Crippen molar-refractivity contribution in [2.24, 2.45) is 7.05 Å². The summed E-state index contributed by atoms with van der Waals surface area (Å²) in [6, 6.07) is 3.00. The Kier molecular flexibility index (Phi) is 3.33. The van der Waals surface area contributed by atoms with Crippen LogP contribution in [0.3, 0.4) is 0 Å². The Morgan fingerprint density at radius 2 is 2.09 bits per heavy atom. The predicted molar refractivity (Wildman–Crippen MR) is 76.9 cm³/mol. The molecule has 0 saturated heterocycles. The van der Waals surface area contributed by atoms with Gasteiger partial charge in [-0.25, -0.2) is 13.2 Å². The highest BCUT2D eigenvalue weighted by Crippen LogP contribution is 2.26. The highest BCUT2D eigenvalue weighted by molar-refractivity contribution is 7.89. The molecule has 3 rings (SSSR count). The topological polar surface area (TPSA) is 97.4 Å². The molecule has 9 heteroatoms. The first-order valence-corrected chi connectivity index (χ1v) is 8.17. The van der Waals surface area contributed by atoms with Gasteiger partial charge in [-0.05, 0) is 19.1 Å². The average Bonchev–Trinajstić information content (AvgIpc) is 3.04. The highest BCUT2D eigenvalue weighted by Gasteiger charge is 2.32. The van der Waals surface area contributed by atoms with Gasteiger partial charge in [-0.15, -0.1) is 0 Å². The minimum atomic E-state index is -3.74. The van der Waals surface area contributed by atoms with Crippen molar-refractivity contribution in [3.05, 3.63) is 35.4 Å². The third-order valence-corrected chi connectivity index (χ3v) is 5.99. The number of hydrogen-bond donors (Lipinski definition) is 1. The van der Waals surface area contributed by atoms with E-state index in [0.29, 0.717) is 18.8 Å². The fraction of sp³-hybridized carbons (Fsp3) is 0.385. The molecule has 0 bridgehead atoms. The number of nitrogens with zero attached hydrogens (tertiary/aromatic N) is 4. The van der Waals surface area contributed by atoms with Crippen LogP contribution in [0, 0.1) is 6.92 Å². The number of carbonyl (C=O) groups is 1. The SMILES string of the molecule is Cc1c(S(=O)(=O)N2CCn3nccc3C2)cc(C(=O)O)n1C. The molecule has 0 atom stereocenters. The Hall–Kier alpha value is -2.13. The lowest BCUT2D eigenvalue weighted by molar-refractivity contribution is 0.0686. The van der Waals surface area contributed by atoms with Crippen molar-refractivity contribution in [1.29, 1.82) is 0 Å². The summed E-state index contributed by atoms with van der Waals surface area (Å²) in [6.45, 7) is 2.64. The van der Waals surface area contributed by atoms with Crippen molar-refractivity contribution >= 4 is 16.0 Å². The molecule has 118 valence electrons.